The van der Waals surface area contributed by atoms with Crippen molar-refractivity contribution < 1.29 is 28.9 Å². The van der Waals surface area contributed by atoms with E-state index in [2.05, 4.69) is 0 Å². The normalized spacial score (nSPS) is 17.1. The van der Waals surface area contributed by atoms with Crippen molar-refractivity contribution in [1.82, 2.24) is 9.55 Å². The molecule has 1 atom stereocenters. The molecule has 40 heavy (non-hydrogen) atoms. The number of esters is 1. The topological polar surface area (TPSA) is 117 Å². The first-order chi connectivity index (χ1) is 19.2. The maximum absolute atomic E-state index is 13.5. The second-order valence-corrected chi connectivity index (χ2v) is 10.2. The van der Waals surface area contributed by atoms with Gasteiger partial charge in [0.2, 0.25) is 0 Å². The Hall–Kier alpha value is -4.50. The molecule has 0 amide bonds. The van der Waals surface area contributed by atoms with Gasteiger partial charge in [0.15, 0.2) is 5.60 Å². The number of carbonyl (C=O) groups excluding carboxylic acids is 2. The molecule has 4 aromatic rings. The molecule has 9 nitrogen and oxygen atoms in total. The van der Waals surface area contributed by atoms with Crippen LogP contribution in [-0.2, 0) is 46.0 Å². The highest BCUT2D eigenvalue weighted by Gasteiger charge is 2.45. The van der Waals surface area contributed by atoms with Gasteiger partial charge in [0, 0.05) is 16.5 Å². The number of hydrogen-bond acceptors (Lipinski definition) is 8. The number of carbonyl (C=O) groups is 2. The number of aliphatic hydroxyl groups is 1. The third kappa shape index (κ3) is 4.05. The quantitative estimate of drug-likeness (QED) is 0.253. The van der Waals surface area contributed by atoms with E-state index >= 15 is 0 Å². The summed E-state index contributed by atoms with van der Waals surface area (Å²) < 4.78 is 17.5. The van der Waals surface area contributed by atoms with Gasteiger partial charge in [0.25, 0.3) is 5.56 Å². The number of pyridine rings is 2. The molecule has 0 aliphatic carbocycles. The average Bonchev–Trinajstić information content (AvgIpc) is 3.32. The smallest absolute Gasteiger partial charge is 0.458 e. The predicted molar refractivity (Wildman–Crippen MR) is 146 cm³/mol. The largest absolute Gasteiger partial charge is 0.514 e. The zero-order valence-electron chi connectivity index (χ0n) is 22.4. The molecule has 1 unspecified atom stereocenters. The zero-order valence-corrected chi connectivity index (χ0v) is 22.4. The van der Waals surface area contributed by atoms with E-state index in [0.29, 0.717) is 35.6 Å². The van der Waals surface area contributed by atoms with Crippen LogP contribution in [-0.4, -0.2) is 26.8 Å². The lowest BCUT2D eigenvalue weighted by Gasteiger charge is -2.31. The Morgan fingerprint density at radius 3 is 2.60 bits per heavy atom. The summed E-state index contributed by atoms with van der Waals surface area (Å²) in [5.41, 5.74) is 4.05. The van der Waals surface area contributed by atoms with E-state index in [1.807, 2.05) is 38.1 Å². The van der Waals surface area contributed by atoms with Gasteiger partial charge in [0.05, 0.1) is 29.0 Å². The number of aryl methyl sites for hydroxylation is 2. The molecule has 2 aliphatic heterocycles. The maximum atomic E-state index is 13.5. The lowest BCUT2D eigenvalue weighted by Crippen LogP contribution is -2.44. The summed E-state index contributed by atoms with van der Waals surface area (Å²) >= 11 is 0. The number of cyclic esters (lactones) is 1. The van der Waals surface area contributed by atoms with Crippen LogP contribution < -0.4 is 10.3 Å². The monoisotopic (exact) mass is 540 g/mol. The van der Waals surface area contributed by atoms with Crippen molar-refractivity contribution in [1.29, 1.82) is 0 Å². The average molecular weight is 541 g/mol. The van der Waals surface area contributed by atoms with Crippen LogP contribution in [0.25, 0.3) is 22.3 Å². The first-order valence-corrected chi connectivity index (χ1v) is 13.3. The molecule has 0 radical (unpaired) electrons. The fraction of sp³-hybridized carbons (Fsp3) is 0.290. The highest BCUT2D eigenvalue weighted by atomic mass is 16.7. The van der Waals surface area contributed by atoms with Crippen LogP contribution in [0.5, 0.6) is 5.75 Å². The molecule has 0 spiro atoms. The standard InChI is InChI=1S/C31H28N2O7/c1-4-20-21-12-19(40-30(36)39-15-18-8-6-17(3)7-9-18)10-11-25(21)32-27-22(20)14-33-26(27)13-24-23(28(33)34)16-38-29(35)31(24,37)5-2/h6-13,37H,4-5,14-16H2,1-3H3. The van der Waals surface area contributed by atoms with E-state index in [1.54, 1.807) is 35.8 Å². The summed E-state index contributed by atoms with van der Waals surface area (Å²) in [5.74, 6) is -0.430. The minimum absolute atomic E-state index is 0.0795. The van der Waals surface area contributed by atoms with Crippen LogP contribution in [0.1, 0.15) is 53.6 Å². The van der Waals surface area contributed by atoms with Crippen LogP contribution in [0.3, 0.4) is 0 Å². The van der Waals surface area contributed by atoms with Crippen LogP contribution in [0.2, 0.25) is 0 Å². The van der Waals surface area contributed by atoms with Gasteiger partial charge < -0.3 is 23.9 Å². The van der Waals surface area contributed by atoms with Gasteiger partial charge in [-0.05, 0) is 55.2 Å². The van der Waals surface area contributed by atoms with Crippen LogP contribution >= 0.6 is 0 Å². The van der Waals surface area contributed by atoms with E-state index < -0.39 is 17.7 Å². The number of rotatable bonds is 5. The van der Waals surface area contributed by atoms with Gasteiger partial charge in [-0.3, -0.25) is 4.79 Å². The van der Waals surface area contributed by atoms with E-state index in [4.69, 9.17) is 19.2 Å². The lowest BCUT2D eigenvalue weighted by molar-refractivity contribution is -0.172. The Balaban J connectivity index is 1.35. The molecule has 0 bridgehead atoms. The molecule has 2 aromatic carbocycles. The van der Waals surface area contributed by atoms with Crippen molar-refractivity contribution in [3.8, 4) is 17.1 Å². The van der Waals surface area contributed by atoms with Crippen molar-refractivity contribution in [3.63, 3.8) is 0 Å². The highest BCUT2D eigenvalue weighted by molar-refractivity contribution is 5.90. The summed E-state index contributed by atoms with van der Waals surface area (Å²) in [5, 5.41) is 11.9. The summed E-state index contributed by atoms with van der Waals surface area (Å²) in [7, 11) is 0. The highest BCUT2D eigenvalue weighted by Crippen LogP contribution is 2.40. The first-order valence-electron chi connectivity index (χ1n) is 13.3. The molecular weight excluding hydrogens is 512 g/mol. The Bertz CT molecular complexity index is 1760. The summed E-state index contributed by atoms with van der Waals surface area (Å²) in [6.45, 7) is 5.89. The van der Waals surface area contributed by atoms with E-state index in [0.717, 1.165) is 27.6 Å². The van der Waals surface area contributed by atoms with E-state index in [-0.39, 0.29) is 36.3 Å². The van der Waals surface area contributed by atoms with Gasteiger partial charge in [-0.25, -0.2) is 14.6 Å². The maximum Gasteiger partial charge on any atom is 0.514 e. The number of ether oxygens (including phenoxy) is 3. The van der Waals surface area contributed by atoms with Gasteiger partial charge in [-0.1, -0.05) is 43.7 Å². The van der Waals surface area contributed by atoms with Crippen LogP contribution in [0.15, 0.2) is 53.3 Å². The fourth-order valence-electron chi connectivity index (χ4n) is 5.56. The molecule has 2 aromatic heterocycles. The zero-order chi connectivity index (χ0) is 28.2. The molecule has 9 heteroatoms. The molecule has 204 valence electrons. The molecule has 1 N–H and O–H groups in total. The second kappa shape index (κ2) is 9.60. The molecule has 0 saturated carbocycles. The van der Waals surface area contributed by atoms with Gasteiger partial charge >= 0.3 is 12.1 Å². The second-order valence-electron chi connectivity index (χ2n) is 10.2. The molecule has 4 heterocycles. The predicted octanol–water partition coefficient (Wildman–Crippen LogP) is 4.67. The van der Waals surface area contributed by atoms with Crippen LogP contribution in [0, 0.1) is 6.92 Å². The summed E-state index contributed by atoms with van der Waals surface area (Å²) in [6, 6.07) is 14.6. The van der Waals surface area contributed by atoms with Crippen molar-refractivity contribution in [2.24, 2.45) is 0 Å². The minimum Gasteiger partial charge on any atom is -0.458 e. The van der Waals surface area contributed by atoms with Crippen molar-refractivity contribution in [2.45, 2.75) is 59.0 Å². The number of nitrogens with zero attached hydrogens (tertiary/aromatic N) is 2. The van der Waals surface area contributed by atoms with E-state index in [9.17, 15) is 19.5 Å². The van der Waals surface area contributed by atoms with Crippen molar-refractivity contribution >= 4 is 23.0 Å². The Labute approximate surface area is 229 Å². The fourth-order valence-corrected chi connectivity index (χ4v) is 5.56. The molecule has 0 fully saturated rings. The summed E-state index contributed by atoms with van der Waals surface area (Å²) in [6.07, 6.45) is -0.0845. The lowest BCUT2D eigenvalue weighted by atomic mass is 9.86. The Morgan fingerprint density at radius 1 is 1.10 bits per heavy atom. The third-order valence-electron chi connectivity index (χ3n) is 7.81. The number of benzene rings is 2. The van der Waals surface area contributed by atoms with Crippen molar-refractivity contribution in [3.05, 3.63) is 92.3 Å². The number of aromatic nitrogens is 2. The molecule has 6 rings (SSSR count). The van der Waals surface area contributed by atoms with Gasteiger partial charge in [-0.2, -0.15) is 0 Å². The van der Waals surface area contributed by atoms with Crippen LogP contribution in [0.4, 0.5) is 4.79 Å². The molecule has 0 saturated heterocycles. The Morgan fingerprint density at radius 2 is 1.88 bits per heavy atom. The number of fused-ring (bicyclic) bond motifs is 5. The van der Waals surface area contributed by atoms with Gasteiger partial charge in [-0.15, -0.1) is 0 Å². The first kappa shape index (κ1) is 25.8. The summed E-state index contributed by atoms with van der Waals surface area (Å²) in [4.78, 5) is 43.2. The third-order valence-corrected chi connectivity index (χ3v) is 7.81. The molecular formula is C31H28N2O7. The minimum atomic E-state index is -1.88. The van der Waals surface area contributed by atoms with E-state index in [1.165, 1.54) is 0 Å². The number of hydrogen-bond donors (Lipinski definition) is 1. The SMILES string of the molecule is CCc1c2c(nc3ccc(OC(=O)OCc4ccc(C)cc4)cc13)-c1cc3c(c(=O)n1C2)COC(=O)C3(O)CC. The van der Waals surface area contributed by atoms with Gasteiger partial charge in [0.1, 0.15) is 19.0 Å². The Kier molecular flexibility index (Phi) is 6.18. The molecule has 2 aliphatic rings. The van der Waals surface area contributed by atoms with Crippen molar-refractivity contribution in [2.75, 3.05) is 0 Å².